The van der Waals surface area contributed by atoms with Crippen LogP contribution in [0.1, 0.15) is 31.2 Å². The molecule has 37 heavy (non-hydrogen) atoms. The van der Waals surface area contributed by atoms with E-state index in [4.69, 9.17) is 4.74 Å². The molecule has 0 aromatic heterocycles. The molecule has 0 aliphatic carbocycles. The third-order valence-corrected chi connectivity index (χ3v) is 8.06. The fourth-order valence-electron chi connectivity index (χ4n) is 5.75. The normalized spacial score (nSPS) is 19.9. The Hall–Kier alpha value is -2.85. The molecule has 0 bridgehead atoms. The molecule has 3 heterocycles. The Morgan fingerprint density at radius 2 is 1.73 bits per heavy atom. The molecule has 1 aromatic carbocycles. The van der Waals surface area contributed by atoms with Crippen LogP contribution in [0.4, 0.5) is 10.5 Å². The number of nitrogens with zero attached hydrogens (tertiary/aromatic N) is 4. The van der Waals surface area contributed by atoms with Crippen molar-refractivity contribution < 1.29 is 19.1 Å². The van der Waals surface area contributed by atoms with Crippen molar-refractivity contribution in [2.45, 2.75) is 44.2 Å². The highest BCUT2D eigenvalue weighted by Crippen LogP contribution is 2.20. The Kier molecular flexibility index (Phi) is 10.0. The van der Waals surface area contributed by atoms with E-state index in [1.54, 1.807) is 4.90 Å². The van der Waals surface area contributed by atoms with E-state index in [1.807, 2.05) is 35.0 Å². The molecule has 3 aliphatic heterocycles. The Labute approximate surface area is 220 Å². The first-order valence-electron chi connectivity index (χ1n) is 13.7. The fraction of sp³-hybridized carbons (Fsp3) is 0.667. The van der Waals surface area contributed by atoms with Crippen LogP contribution in [0.15, 0.2) is 24.3 Å². The van der Waals surface area contributed by atoms with Gasteiger partial charge >= 0.3 is 6.09 Å². The molecule has 0 spiro atoms. The number of rotatable bonds is 9. The molecule has 4 rings (SSSR count). The van der Waals surface area contributed by atoms with Crippen LogP contribution < -0.4 is 10.6 Å². The third-order valence-electron chi connectivity index (χ3n) is 8.06. The van der Waals surface area contributed by atoms with Gasteiger partial charge in [0.1, 0.15) is 0 Å². The molecule has 204 valence electrons. The minimum atomic E-state index is -0.444. The number of piperidine rings is 2. The summed E-state index contributed by atoms with van der Waals surface area (Å²) in [5, 5.41) is 6.59. The van der Waals surface area contributed by atoms with Gasteiger partial charge in [-0.3, -0.25) is 14.5 Å². The fourth-order valence-corrected chi connectivity index (χ4v) is 5.75. The molecule has 0 saturated carbocycles. The number of likely N-dealkylation sites (tertiary alicyclic amines) is 1. The average molecular weight is 515 g/mol. The molecule has 3 fully saturated rings. The summed E-state index contributed by atoms with van der Waals surface area (Å²) in [5.74, 6) is -0.123. The largest absolute Gasteiger partial charge is 0.439 e. The van der Waals surface area contributed by atoms with Crippen LogP contribution in [0.3, 0.4) is 0 Å². The summed E-state index contributed by atoms with van der Waals surface area (Å²) in [6, 6.07) is 8.81. The number of anilines is 1. The number of nitrogens with one attached hydrogen (secondary N) is 2. The lowest BCUT2D eigenvalue weighted by molar-refractivity contribution is -0.137. The number of amides is 3. The summed E-state index contributed by atoms with van der Waals surface area (Å²) in [6.45, 7) is 6.72. The van der Waals surface area contributed by atoms with Gasteiger partial charge in [0.2, 0.25) is 6.41 Å². The Balaban J connectivity index is 1.15. The highest BCUT2D eigenvalue weighted by atomic mass is 16.6. The van der Waals surface area contributed by atoms with Gasteiger partial charge in [0.15, 0.2) is 6.61 Å². The van der Waals surface area contributed by atoms with Crippen molar-refractivity contribution in [2.75, 3.05) is 77.9 Å². The Morgan fingerprint density at radius 1 is 1.03 bits per heavy atom. The van der Waals surface area contributed by atoms with Crippen LogP contribution in [0, 0.1) is 0 Å². The number of carbonyl (C=O) groups excluding carboxylic acids is 3. The summed E-state index contributed by atoms with van der Waals surface area (Å²) in [5.41, 5.74) is 2.25. The molecular formula is C27H42N6O4. The zero-order valence-electron chi connectivity index (χ0n) is 22.1. The smallest absolute Gasteiger partial charge is 0.410 e. The van der Waals surface area contributed by atoms with Crippen molar-refractivity contribution in [1.82, 2.24) is 24.9 Å². The first kappa shape index (κ1) is 27.2. The van der Waals surface area contributed by atoms with Crippen LogP contribution >= 0.6 is 0 Å². The lowest BCUT2D eigenvalue weighted by Gasteiger charge is -2.40. The van der Waals surface area contributed by atoms with Crippen molar-refractivity contribution in [2.24, 2.45) is 0 Å². The molecule has 0 radical (unpaired) electrons. The summed E-state index contributed by atoms with van der Waals surface area (Å²) in [7, 11) is 1.90. The van der Waals surface area contributed by atoms with Crippen molar-refractivity contribution in [3.63, 3.8) is 0 Å². The number of carbonyl (C=O) groups is 3. The highest BCUT2D eigenvalue weighted by Gasteiger charge is 2.30. The number of para-hydroxylation sites is 1. The average Bonchev–Trinajstić information content (AvgIpc) is 2.97. The molecule has 3 amide bonds. The SMILES string of the molecule is CNc1ccccc1CCN(C=O)C1CCN(C(=O)OCC(=O)N2CCN(C3CCNCC3)CC2)CC1. The van der Waals surface area contributed by atoms with E-state index in [0.717, 1.165) is 57.5 Å². The van der Waals surface area contributed by atoms with E-state index in [0.29, 0.717) is 51.6 Å². The van der Waals surface area contributed by atoms with Crippen molar-refractivity contribution in [3.05, 3.63) is 29.8 Å². The summed E-state index contributed by atoms with van der Waals surface area (Å²) >= 11 is 0. The van der Waals surface area contributed by atoms with Gasteiger partial charge in [0, 0.05) is 70.6 Å². The Morgan fingerprint density at radius 3 is 2.41 bits per heavy atom. The van der Waals surface area contributed by atoms with E-state index in [1.165, 1.54) is 5.56 Å². The van der Waals surface area contributed by atoms with Crippen molar-refractivity contribution >= 4 is 24.1 Å². The van der Waals surface area contributed by atoms with E-state index >= 15 is 0 Å². The van der Waals surface area contributed by atoms with Gasteiger partial charge in [-0.1, -0.05) is 18.2 Å². The second-order valence-corrected chi connectivity index (χ2v) is 10.2. The first-order valence-corrected chi connectivity index (χ1v) is 13.7. The predicted octanol–water partition coefficient (Wildman–Crippen LogP) is 1.23. The lowest BCUT2D eigenvalue weighted by atomic mass is 10.0. The molecular weight excluding hydrogens is 472 g/mol. The van der Waals surface area contributed by atoms with Crippen LogP contribution in [-0.2, 0) is 20.7 Å². The maximum Gasteiger partial charge on any atom is 0.410 e. The van der Waals surface area contributed by atoms with Crippen LogP contribution in [-0.4, -0.2) is 123 Å². The van der Waals surface area contributed by atoms with Gasteiger partial charge in [-0.2, -0.15) is 0 Å². The molecule has 2 N–H and O–H groups in total. The van der Waals surface area contributed by atoms with Crippen molar-refractivity contribution in [3.8, 4) is 0 Å². The predicted molar refractivity (Wildman–Crippen MR) is 142 cm³/mol. The minimum Gasteiger partial charge on any atom is -0.439 e. The number of hydrogen-bond donors (Lipinski definition) is 2. The van der Waals surface area contributed by atoms with Crippen LogP contribution in [0.5, 0.6) is 0 Å². The second-order valence-electron chi connectivity index (χ2n) is 10.2. The van der Waals surface area contributed by atoms with Gasteiger partial charge in [-0.15, -0.1) is 0 Å². The first-order chi connectivity index (χ1) is 18.1. The Bertz CT molecular complexity index is 893. The maximum atomic E-state index is 12.6. The summed E-state index contributed by atoms with van der Waals surface area (Å²) in [4.78, 5) is 44.8. The van der Waals surface area contributed by atoms with E-state index in [2.05, 4.69) is 21.6 Å². The molecule has 0 unspecified atom stereocenters. The van der Waals surface area contributed by atoms with Gasteiger partial charge in [0.05, 0.1) is 0 Å². The molecule has 3 aliphatic rings. The second kappa shape index (κ2) is 13.6. The topological polar surface area (TPSA) is 97.5 Å². The molecule has 10 heteroatoms. The van der Waals surface area contributed by atoms with E-state index in [-0.39, 0.29) is 18.6 Å². The zero-order valence-corrected chi connectivity index (χ0v) is 22.1. The van der Waals surface area contributed by atoms with E-state index in [9.17, 15) is 14.4 Å². The molecule has 10 nitrogen and oxygen atoms in total. The monoisotopic (exact) mass is 514 g/mol. The lowest BCUT2D eigenvalue weighted by Crippen LogP contribution is -2.54. The summed E-state index contributed by atoms with van der Waals surface area (Å²) < 4.78 is 5.38. The molecule has 3 saturated heterocycles. The third kappa shape index (κ3) is 7.35. The quantitative estimate of drug-likeness (QED) is 0.479. The van der Waals surface area contributed by atoms with Crippen LogP contribution in [0.2, 0.25) is 0 Å². The van der Waals surface area contributed by atoms with Crippen LogP contribution in [0.25, 0.3) is 0 Å². The van der Waals surface area contributed by atoms with Gasteiger partial charge < -0.3 is 30.1 Å². The molecule has 1 aromatic rings. The zero-order chi connectivity index (χ0) is 26.0. The maximum absolute atomic E-state index is 12.6. The van der Waals surface area contributed by atoms with Crippen molar-refractivity contribution in [1.29, 1.82) is 0 Å². The van der Waals surface area contributed by atoms with Gasteiger partial charge in [0.25, 0.3) is 5.91 Å². The van der Waals surface area contributed by atoms with E-state index < -0.39 is 6.09 Å². The number of benzene rings is 1. The molecule has 0 atom stereocenters. The minimum absolute atomic E-state index is 0.0983. The van der Waals surface area contributed by atoms with Gasteiger partial charge in [-0.05, 0) is 56.8 Å². The number of hydrogen-bond acceptors (Lipinski definition) is 7. The number of ether oxygens (including phenoxy) is 1. The highest BCUT2D eigenvalue weighted by molar-refractivity contribution is 5.80. The summed E-state index contributed by atoms with van der Waals surface area (Å²) in [6.07, 6.45) is 4.98. The standard InChI is InChI=1S/C27H42N6O4/c1-28-25-5-3-2-4-22(25)8-13-33(21-34)24-9-14-32(15-10-24)27(36)37-20-26(35)31-18-16-30(17-19-31)23-6-11-29-12-7-23/h2-5,21,23-24,28-29H,6-20H2,1H3. The number of piperazine rings is 1. The van der Waals surface area contributed by atoms with Gasteiger partial charge in [-0.25, -0.2) is 4.79 Å².